The number of hydrogen-bond acceptors (Lipinski definition) is 0. The van der Waals surface area contributed by atoms with Crippen LogP contribution in [0.1, 0.15) is 0 Å². The Morgan fingerprint density at radius 2 is 0.609 bits per heavy atom. The SMILES string of the molecule is c1ccc(-c2ccc3c(c2)c(-c2cccc(-c4cc5ccccc5c5ccc(-c6ccccc6)cc45)c2)cc2ccccc23)cc1. The number of hydrogen-bond donors (Lipinski definition) is 0. The Morgan fingerprint density at radius 3 is 1.09 bits per heavy atom. The maximum atomic E-state index is 2.39. The van der Waals surface area contributed by atoms with Crippen molar-refractivity contribution < 1.29 is 0 Å². The zero-order valence-corrected chi connectivity index (χ0v) is 25.3. The van der Waals surface area contributed by atoms with E-state index >= 15 is 0 Å². The van der Waals surface area contributed by atoms with Gasteiger partial charge in [0.1, 0.15) is 0 Å². The third-order valence-corrected chi connectivity index (χ3v) is 9.42. The van der Waals surface area contributed by atoms with Crippen molar-refractivity contribution in [3.05, 3.63) is 182 Å². The molecule has 0 aliphatic carbocycles. The average Bonchev–Trinajstić information content (AvgIpc) is 3.14. The number of fused-ring (bicyclic) bond motifs is 6. The Morgan fingerprint density at radius 1 is 0.196 bits per heavy atom. The highest BCUT2D eigenvalue weighted by Gasteiger charge is 2.14. The zero-order valence-electron chi connectivity index (χ0n) is 25.3. The molecule has 0 bridgehead atoms. The van der Waals surface area contributed by atoms with Crippen LogP contribution in [0.5, 0.6) is 0 Å². The Hall–Kier alpha value is -5.98. The van der Waals surface area contributed by atoms with E-state index in [2.05, 4.69) is 182 Å². The van der Waals surface area contributed by atoms with Gasteiger partial charge in [0, 0.05) is 0 Å². The summed E-state index contributed by atoms with van der Waals surface area (Å²) in [5, 5.41) is 10.2. The quantitative estimate of drug-likeness (QED) is 0.181. The molecule has 0 atom stereocenters. The fourth-order valence-corrected chi connectivity index (χ4v) is 7.16. The Labute approximate surface area is 268 Å². The van der Waals surface area contributed by atoms with Gasteiger partial charge < -0.3 is 0 Å². The molecule has 9 aromatic carbocycles. The van der Waals surface area contributed by atoms with Crippen molar-refractivity contribution >= 4 is 43.1 Å². The van der Waals surface area contributed by atoms with Crippen LogP contribution in [0.15, 0.2) is 182 Å². The summed E-state index contributed by atoms with van der Waals surface area (Å²) in [5.74, 6) is 0. The van der Waals surface area contributed by atoms with E-state index in [0.29, 0.717) is 0 Å². The van der Waals surface area contributed by atoms with Crippen LogP contribution in [-0.2, 0) is 0 Å². The van der Waals surface area contributed by atoms with Crippen LogP contribution >= 0.6 is 0 Å². The molecule has 0 nitrogen and oxygen atoms in total. The van der Waals surface area contributed by atoms with Crippen LogP contribution in [0.4, 0.5) is 0 Å². The van der Waals surface area contributed by atoms with Crippen LogP contribution in [0.25, 0.3) is 87.6 Å². The molecule has 0 heterocycles. The summed E-state index contributed by atoms with van der Waals surface area (Å²) >= 11 is 0. The van der Waals surface area contributed by atoms with Crippen molar-refractivity contribution in [3.8, 4) is 44.5 Å². The largest absolute Gasteiger partial charge is 0.0622 e. The second kappa shape index (κ2) is 10.9. The standard InChI is InChI=1S/C46H30/c1-3-12-31(13-4-1)33-22-24-41-39-20-9-7-16-37(39)29-43(45(41)27-33)35-18-11-19-36(26-35)44-30-38-17-8-10-21-40(38)42-25-23-34(28-46(42)44)32-14-5-2-6-15-32/h1-30H. The van der Waals surface area contributed by atoms with Gasteiger partial charge in [0.05, 0.1) is 0 Å². The molecule has 9 aromatic rings. The maximum absolute atomic E-state index is 2.39. The predicted molar refractivity (Wildman–Crippen MR) is 198 cm³/mol. The lowest BCUT2D eigenvalue weighted by Gasteiger charge is -2.16. The summed E-state index contributed by atoms with van der Waals surface area (Å²) in [6.07, 6.45) is 0. The van der Waals surface area contributed by atoms with Gasteiger partial charge in [-0.05, 0) is 118 Å². The molecule has 46 heavy (non-hydrogen) atoms. The molecule has 0 unspecified atom stereocenters. The molecule has 0 saturated heterocycles. The van der Waals surface area contributed by atoms with E-state index < -0.39 is 0 Å². The number of rotatable bonds is 4. The van der Waals surface area contributed by atoms with Gasteiger partial charge in [-0.25, -0.2) is 0 Å². The fourth-order valence-electron chi connectivity index (χ4n) is 7.16. The molecule has 0 aliphatic heterocycles. The van der Waals surface area contributed by atoms with Gasteiger partial charge in [0.15, 0.2) is 0 Å². The van der Waals surface area contributed by atoms with Gasteiger partial charge in [0.25, 0.3) is 0 Å². The molecule has 0 aromatic heterocycles. The first-order valence-electron chi connectivity index (χ1n) is 15.9. The highest BCUT2D eigenvalue weighted by atomic mass is 14.2. The molecule has 9 rings (SSSR count). The molecule has 0 radical (unpaired) electrons. The Bertz CT molecular complexity index is 2380. The van der Waals surface area contributed by atoms with Gasteiger partial charge in [-0.1, -0.05) is 152 Å². The average molecular weight is 583 g/mol. The third kappa shape index (κ3) is 4.47. The summed E-state index contributed by atoms with van der Waals surface area (Å²) < 4.78 is 0. The summed E-state index contributed by atoms with van der Waals surface area (Å²) in [6, 6.07) is 66.6. The lowest BCUT2D eigenvalue weighted by molar-refractivity contribution is 1.62. The van der Waals surface area contributed by atoms with E-state index in [0.717, 1.165) is 0 Å². The van der Waals surface area contributed by atoms with Crippen LogP contribution < -0.4 is 0 Å². The molecule has 214 valence electrons. The van der Waals surface area contributed by atoms with E-state index in [9.17, 15) is 0 Å². The highest BCUT2D eigenvalue weighted by molar-refractivity contribution is 6.16. The molecule has 0 N–H and O–H groups in total. The van der Waals surface area contributed by atoms with E-state index in [1.54, 1.807) is 0 Å². The van der Waals surface area contributed by atoms with Gasteiger partial charge in [0.2, 0.25) is 0 Å². The smallest absolute Gasteiger partial charge is 0.00928 e. The van der Waals surface area contributed by atoms with Crippen LogP contribution in [0.2, 0.25) is 0 Å². The molecule has 0 heteroatoms. The molecule has 0 spiro atoms. The Balaban J connectivity index is 1.29. The maximum Gasteiger partial charge on any atom is -0.00928 e. The second-order valence-corrected chi connectivity index (χ2v) is 12.1. The molecular weight excluding hydrogens is 553 g/mol. The lowest BCUT2D eigenvalue weighted by atomic mass is 9.88. The minimum absolute atomic E-state index is 1.22. The first kappa shape index (κ1) is 26.4. The lowest BCUT2D eigenvalue weighted by Crippen LogP contribution is -1.89. The highest BCUT2D eigenvalue weighted by Crippen LogP contribution is 2.41. The first-order chi connectivity index (χ1) is 22.8. The minimum Gasteiger partial charge on any atom is -0.0622 e. The summed E-state index contributed by atoms with van der Waals surface area (Å²) in [5.41, 5.74) is 9.87. The monoisotopic (exact) mass is 582 g/mol. The third-order valence-electron chi connectivity index (χ3n) is 9.42. The van der Waals surface area contributed by atoms with Crippen LogP contribution in [-0.4, -0.2) is 0 Å². The Kier molecular flexibility index (Phi) is 6.25. The molecule has 0 fully saturated rings. The summed E-state index contributed by atoms with van der Waals surface area (Å²) in [4.78, 5) is 0. The van der Waals surface area contributed by atoms with Crippen molar-refractivity contribution in [1.29, 1.82) is 0 Å². The van der Waals surface area contributed by atoms with Gasteiger partial charge in [-0.3, -0.25) is 0 Å². The molecule has 0 saturated carbocycles. The minimum atomic E-state index is 1.22. The van der Waals surface area contributed by atoms with E-state index in [-0.39, 0.29) is 0 Å². The summed E-state index contributed by atoms with van der Waals surface area (Å²) in [6.45, 7) is 0. The van der Waals surface area contributed by atoms with Gasteiger partial charge >= 0.3 is 0 Å². The molecule has 0 aliphatic rings. The van der Waals surface area contributed by atoms with Crippen molar-refractivity contribution in [2.75, 3.05) is 0 Å². The van der Waals surface area contributed by atoms with Crippen molar-refractivity contribution in [2.24, 2.45) is 0 Å². The zero-order chi connectivity index (χ0) is 30.5. The van der Waals surface area contributed by atoms with Gasteiger partial charge in [-0.15, -0.1) is 0 Å². The van der Waals surface area contributed by atoms with Gasteiger partial charge in [-0.2, -0.15) is 0 Å². The van der Waals surface area contributed by atoms with E-state index in [1.165, 1.54) is 87.6 Å². The van der Waals surface area contributed by atoms with Crippen LogP contribution in [0.3, 0.4) is 0 Å². The van der Waals surface area contributed by atoms with Crippen molar-refractivity contribution in [2.45, 2.75) is 0 Å². The molecule has 0 amide bonds. The van der Waals surface area contributed by atoms with E-state index in [1.807, 2.05) is 0 Å². The van der Waals surface area contributed by atoms with Crippen molar-refractivity contribution in [1.82, 2.24) is 0 Å². The first-order valence-corrected chi connectivity index (χ1v) is 15.9. The van der Waals surface area contributed by atoms with Crippen LogP contribution in [0, 0.1) is 0 Å². The summed E-state index contributed by atoms with van der Waals surface area (Å²) in [7, 11) is 0. The molecular formula is C46H30. The number of benzene rings is 9. The van der Waals surface area contributed by atoms with Crippen molar-refractivity contribution in [3.63, 3.8) is 0 Å². The fraction of sp³-hybridized carbons (Fsp3) is 0. The normalized spacial score (nSPS) is 11.5. The predicted octanol–water partition coefficient (Wildman–Crippen LogP) is 13.0. The second-order valence-electron chi connectivity index (χ2n) is 12.1. The van der Waals surface area contributed by atoms with E-state index in [4.69, 9.17) is 0 Å². The topological polar surface area (TPSA) is 0 Å².